The molecule has 16 heavy (non-hydrogen) atoms. The highest BCUT2D eigenvalue weighted by Gasteiger charge is 2.40. The van der Waals surface area contributed by atoms with Gasteiger partial charge >= 0.3 is 24.3 Å². The molecule has 0 heterocycles. The molecule has 3 N–H and O–H groups in total. The van der Waals surface area contributed by atoms with Crippen LogP contribution in [-0.2, 0) is 4.79 Å². The van der Waals surface area contributed by atoms with Crippen LogP contribution in [-0.4, -0.2) is 42.5 Å². The molecule has 0 aromatic rings. The third-order valence-electron chi connectivity index (χ3n) is 1.43. The molecule has 0 rings (SSSR count). The first kappa shape index (κ1) is 14.5. The Morgan fingerprint density at radius 3 is 2.25 bits per heavy atom. The topological polar surface area (TPSA) is 78.4 Å². The van der Waals surface area contributed by atoms with Crippen molar-refractivity contribution in [1.29, 1.82) is 0 Å². The van der Waals surface area contributed by atoms with E-state index in [0.29, 0.717) is 0 Å². The van der Waals surface area contributed by atoms with Gasteiger partial charge in [-0.3, -0.25) is 4.79 Å². The Morgan fingerprint density at radius 2 is 1.81 bits per heavy atom. The number of hydrogen-bond donors (Lipinski definition) is 3. The summed E-state index contributed by atoms with van der Waals surface area (Å²) >= 11 is 0. The maximum atomic E-state index is 12.3. The zero-order valence-electron chi connectivity index (χ0n) is 7.97. The van der Waals surface area contributed by atoms with Crippen molar-refractivity contribution < 1.29 is 32.3 Å². The summed E-state index contributed by atoms with van der Waals surface area (Å²) in [6.45, 7) is -1.79. The van der Waals surface area contributed by atoms with Gasteiger partial charge in [0.1, 0.15) is 0 Å². The number of carbonyl (C=O) groups is 2. The van der Waals surface area contributed by atoms with Crippen LogP contribution in [0.25, 0.3) is 0 Å². The number of hydrogen-bond acceptors (Lipinski definition) is 2. The average Bonchev–Trinajstić information content (AvgIpc) is 2.14. The van der Waals surface area contributed by atoms with Gasteiger partial charge < -0.3 is 15.7 Å². The highest BCUT2D eigenvalue weighted by atomic mass is 19.3. The van der Waals surface area contributed by atoms with Gasteiger partial charge in [0.25, 0.3) is 0 Å². The van der Waals surface area contributed by atoms with E-state index >= 15 is 0 Å². The Bertz CT molecular complexity index is 260. The maximum absolute atomic E-state index is 12.3. The Hall–Kier alpha value is -1.54. The zero-order chi connectivity index (χ0) is 12.8. The molecule has 0 saturated carbocycles. The van der Waals surface area contributed by atoms with Crippen LogP contribution in [0.2, 0.25) is 0 Å². The monoisotopic (exact) mass is 246 g/mol. The molecule has 0 aromatic heterocycles. The van der Waals surface area contributed by atoms with E-state index in [-0.39, 0.29) is 6.54 Å². The van der Waals surface area contributed by atoms with Crippen LogP contribution in [0.15, 0.2) is 0 Å². The van der Waals surface area contributed by atoms with E-state index in [9.17, 15) is 27.2 Å². The second-order valence-electron chi connectivity index (χ2n) is 2.81. The van der Waals surface area contributed by atoms with Crippen LogP contribution in [0.1, 0.15) is 6.42 Å². The first-order valence-electron chi connectivity index (χ1n) is 4.15. The number of urea groups is 1. The number of alkyl halides is 4. The Morgan fingerprint density at radius 1 is 1.25 bits per heavy atom. The van der Waals surface area contributed by atoms with Crippen LogP contribution in [0.4, 0.5) is 22.4 Å². The summed E-state index contributed by atoms with van der Waals surface area (Å²) in [6, 6.07) is -1.12. The highest BCUT2D eigenvalue weighted by Crippen LogP contribution is 2.21. The standard InChI is InChI=1S/C7H10F4N2O3/c8-5(9)7(10,11)3-13-6(16)12-2-1-4(14)15/h5H,1-3H2,(H,14,15)(H2,12,13,16). The zero-order valence-corrected chi connectivity index (χ0v) is 7.97. The number of carboxylic acid groups (broad SMARTS) is 1. The minimum atomic E-state index is -4.30. The fraction of sp³-hybridized carbons (Fsp3) is 0.714. The molecule has 94 valence electrons. The maximum Gasteiger partial charge on any atom is 0.324 e. The average molecular weight is 246 g/mol. The van der Waals surface area contributed by atoms with Gasteiger partial charge in [-0.2, -0.15) is 8.78 Å². The van der Waals surface area contributed by atoms with E-state index in [2.05, 4.69) is 0 Å². The lowest BCUT2D eigenvalue weighted by Crippen LogP contribution is -2.45. The summed E-state index contributed by atoms with van der Waals surface area (Å²) in [6.07, 6.45) is -4.26. The minimum Gasteiger partial charge on any atom is -0.481 e. The minimum absolute atomic E-state index is 0.276. The molecule has 0 spiro atoms. The summed E-state index contributed by atoms with van der Waals surface area (Å²) < 4.78 is 47.8. The van der Waals surface area contributed by atoms with Gasteiger partial charge in [0.2, 0.25) is 0 Å². The number of rotatable bonds is 6. The summed E-state index contributed by atoms with van der Waals surface area (Å²) in [4.78, 5) is 20.7. The van der Waals surface area contributed by atoms with Gasteiger partial charge in [0.15, 0.2) is 0 Å². The van der Waals surface area contributed by atoms with Gasteiger partial charge in [-0.05, 0) is 0 Å². The van der Waals surface area contributed by atoms with Crippen molar-refractivity contribution in [2.24, 2.45) is 0 Å². The molecule has 0 bridgehead atoms. The van der Waals surface area contributed by atoms with Gasteiger partial charge in [0.05, 0.1) is 13.0 Å². The highest BCUT2D eigenvalue weighted by molar-refractivity contribution is 5.75. The SMILES string of the molecule is O=C(O)CCNC(=O)NCC(F)(F)C(F)F. The molecule has 0 radical (unpaired) electrons. The molecule has 0 atom stereocenters. The number of halogens is 4. The Kier molecular flexibility index (Phi) is 5.54. The van der Waals surface area contributed by atoms with Crippen molar-refractivity contribution in [2.75, 3.05) is 13.1 Å². The van der Waals surface area contributed by atoms with E-state index in [4.69, 9.17) is 5.11 Å². The fourth-order valence-electron chi connectivity index (χ4n) is 0.621. The summed E-state index contributed by atoms with van der Waals surface area (Å²) in [7, 11) is 0. The predicted molar refractivity (Wildman–Crippen MR) is 44.6 cm³/mol. The Labute approximate surface area is 87.8 Å². The molecule has 2 amide bonds. The quantitative estimate of drug-likeness (QED) is 0.602. The second kappa shape index (κ2) is 6.13. The third kappa shape index (κ3) is 6.04. The first-order chi connectivity index (χ1) is 7.25. The van der Waals surface area contributed by atoms with Crippen molar-refractivity contribution in [3.05, 3.63) is 0 Å². The van der Waals surface area contributed by atoms with Gasteiger partial charge in [-0.25, -0.2) is 13.6 Å². The summed E-state index contributed by atoms with van der Waals surface area (Å²) in [5.74, 6) is -5.48. The molecule has 0 saturated heterocycles. The van der Waals surface area contributed by atoms with Crippen LogP contribution in [0.3, 0.4) is 0 Å². The molecule has 0 aliphatic heterocycles. The van der Waals surface area contributed by atoms with Crippen LogP contribution >= 0.6 is 0 Å². The largest absolute Gasteiger partial charge is 0.481 e. The molecule has 0 aliphatic carbocycles. The van der Waals surface area contributed by atoms with E-state index < -0.39 is 37.3 Å². The van der Waals surface area contributed by atoms with Crippen molar-refractivity contribution in [2.45, 2.75) is 18.8 Å². The molecule has 0 unspecified atom stereocenters. The number of amides is 2. The number of nitrogens with one attached hydrogen (secondary N) is 2. The lowest BCUT2D eigenvalue weighted by Gasteiger charge is -2.15. The van der Waals surface area contributed by atoms with Crippen molar-refractivity contribution in [3.8, 4) is 0 Å². The number of carboxylic acids is 1. The second-order valence-corrected chi connectivity index (χ2v) is 2.81. The number of carbonyl (C=O) groups excluding carboxylic acids is 1. The molecule has 5 nitrogen and oxygen atoms in total. The normalized spacial score (nSPS) is 11.3. The van der Waals surface area contributed by atoms with Crippen molar-refractivity contribution >= 4 is 12.0 Å². The Balaban J connectivity index is 3.77. The third-order valence-corrected chi connectivity index (χ3v) is 1.43. The van der Waals surface area contributed by atoms with E-state index in [0.717, 1.165) is 0 Å². The van der Waals surface area contributed by atoms with E-state index in [1.165, 1.54) is 5.32 Å². The first-order valence-corrected chi connectivity index (χ1v) is 4.15. The van der Waals surface area contributed by atoms with Gasteiger partial charge in [0, 0.05) is 6.54 Å². The van der Waals surface area contributed by atoms with Crippen LogP contribution in [0, 0.1) is 0 Å². The molecule has 0 fully saturated rings. The molecular weight excluding hydrogens is 236 g/mol. The predicted octanol–water partition coefficient (Wildman–Crippen LogP) is 0.661. The van der Waals surface area contributed by atoms with Crippen LogP contribution < -0.4 is 10.6 Å². The smallest absolute Gasteiger partial charge is 0.324 e. The van der Waals surface area contributed by atoms with E-state index in [1.807, 2.05) is 5.32 Å². The van der Waals surface area contributed by atoms with Crippen molar-refractivity contribution in [1.82, 2.24) is 10.6 Å². The summed E-state index contributed by atoms with van der Waals surface area (Å²) in [5, 5.41) is 11.6. The summed E-state index contributed by atoms with van der Waals surface area (Å²) in [5.41, 5.74) is 0. The molecular formula is C7H10F4N2O3. The van der Waals surface area contributed by atoms with Gasteiger partial charge in [-0.15, -0.1) is 0 Å². The van der Waals surface area contributed by atoms with E-state index in [1.54, 1.807) is 0 Å². The van der Waals surface area contributed by atoms with Crippen LogP contribution in [0.5, 0.6) is 0 Å². The number of aliphatic carboxylic acids is 1. The molecule has 0 aliphatic rings. The lowest BCUT2D eigenvalue weighted by atomic mass is 10.3. The lowest BCUT2D eigenvalue weighted by molar-refractivity contribution is -0.136. The fourth-order valence-corrected chi connectivity index (χ4v) is 0.621. The molecule has 0 aromatic carbocycles. The van der Waals surface area contributed by atoms with Crippen molar-refractivity contribution in [3.63, 3.8) is 0 Å². The van der Waals surface area contributed by atoms with Gasteiger partial charge in [-0.1, -0.05) is 0 Å². The molecule has 9 heteroatoms.